The SMILES string of the molecule is CC(C)CCN(C)C(CN)c1ccc(CC(C)C)cc1. The van der Waals surface area contributed by atoms with Gasteiger partial charge in [0.05, 0.1) is 0 Å². The fraction of sp³-hybridized carbons (Fsp3) is 0.667. The zero-order chi connectivity index (χ0) is 15.1. The van der Waals surface area contributed by atoms with E-state index >= 15 is 0 Å². The number of likely N-dealkylation sites (N-methyl/N-ethyl adjacent to an activating group) is 1. The van der Waals surface area contributed by atoms with Gasteiger partial charge >= 0.3 is 0 Å². The molecule has 0 heterocycles. The van der Waals surface area contributed by atoms with Crippen LogP contribution in [0.15, 0.2) is 24.3 Å². The van der Waals surface area contributed by atoms with Crippen LogP contribution in [0.2, 0.25) is 0 Å². The van der Waals surface area contributed by atoms with Crippen LogP contribution in [-0.2, 0) is 6.42 Å². The number of benzene rings is 1. The largest absolute Gasteiger partial charge is 0.329 e. The molecule has 0 amide bonds. The van der Waals surface area contributed by atoms with Gasteiger partial charge in [0.15, 0.2) is 0 Å². The second-order valence-corrected chi connectivity index (χ2v) is 6.75. The summed E-state index contributed by atoms with van der Waals surface area (Å²) in [5, 5.41) is 0. The minimum Gasteiger partial charge on any atom is -0.329 e. The van der Waals surface area contributed by atoms with Crippen LogP contribution < -0.4 is 5.73 Å². The van der Waals surface area contributed by atoms with Crippen LogP contribution in [0.4, 0.5) is 0 Å². The zero-order valence-electron chi connectivity index (χ0n) is 13.9. The van der Waals surface area contributed by atoms with Gasteiger partial charge < -0.3 is 5.73 Å². The summed E-state index contributed by atoms with van der Waals surface area (Å²) in [5.74, 6) is 1.45. The molecule has 0 radical (unpaired) electrons. The third-order valence-corrected chi connectivity index (χ3v) is 3.82. The maximum Gasteiger partial charge on any atom is 0.0467 e. The van der Waals surface area contributed by atoms with Gasteiger partial charge in [-0.2, -0.15) is 0 Å². The normalized spacial score (nSPS) is 13.4. The molecular weight excluding hydrogens is 244 g/mol. The van der Waals surface area contributed by atoms with E-state index in [2.05, 4.69) is 63.9 Å². The predicted molar refractivity (Wildman–Crippen MR) is 88.9 cm³/mol. The standard InChI is InChI=1S/C18H32N2/c1-14(2)10-11-20(5)18(13-19)17-8-6-16(7-9-17)12-15(3)4/h6-9,14-15,18H,10-13,19H2,1-5H3. The van der Waals surface area contributed by atoms with Crippen LogP contribution in [0.5, 0.6) is 0 Å². The van der Waals surface area contributed by atoms with Crippen molar-refractivity contribution in [1.82, 2.24) is 4.90 Å². The molecule has 0 aliphatic rings. The molecule has 0 aliphatic heterocycles. The van der Waals surface area contributed by atoms with E-state index in [-0.39, 0.29) is 0 Å². The van der Waals surface area contributed by atoms with Crippen molar-refractivity contribution in [1.29, 1.82) is 0 Å². The molecule has 2 N–H and O–H groups in total. The Balaban J connectivity index is 2.69. The van der Waals surface area contributed by atoms with Crippen molar-refractivity contribution in [2.24, 2.45) is 17.6 Å². The lowest BCUT2D eigenvalue weighted by atomic mass is 9.98. The molecule has 0 aromatic heterocycles. The first kappa shape index (κ1) is 17.2. The molecule has 2 nitrogen and oxygen atoms in total. The van der Waals surface area contributed by atoms with Crippen LogP contribution in [0.25, 0.3) is 0 Å². The lowest BCUT2D eigenvalue weighted by Gasteiger charge is -2.28. The second-order valence-electron chi connectivity index (χ2n) is 6.75. The van der Waals surface area contributed by atoms with Gasteiger partial charge in [0.1, 0.15) is 0 Å². The number of nitrogens with zero attached hydrogens (tertiary/aromatic N) is 1. The Kier molecular flexibility index (Phi) is 7.25. The van der Waals surface area contributed by atoms with E-state index in [1.54, 1.807) is 0 Å². The zero-order valence-corrected chi connectivity index (χ0v) is 13.9. The smallest absolute Gasteiger partial charge is 0.0467 e. The minimum atomic E-state index is 0.335. The molecule has 1 atom stereocenters. The molecule has 2 heteroatoms. The van der Waals surface area contributed by atoms with E-state index in [4.69, 9.17) is 5.73 Å². The first-order chi connectivity index (χ1) is 9.43. The summed E-state index contributed by atoms with van der Waals surface area (Å²) in [4.78, 5) is 2.39. The predicted octanol–water partition coefficient (Wildman–Crippen LogP) is 3.86. The summed E-state index contributed by atoms with van der Waals surface area (Å²) in [6, 6.07) is 9.35. The number of nitrogens with two attached hydrogens (primary N) is 1. The highest BCUT2D eigenvalue weighted by molar-refractivity contribution is 5.25. The molecule has 0 saturated carbocycles. The van der Waals surface area contributed by atoms with E-state index in [1.165, 1.54) is 17.5 Å². The summed E-state index contributed by atoms with van der Waals surface area (Å²) in [7, 11) is 2.18. The summed E-state index contributed by atoms with van der Waals surface area (Å²) in [5.41, 5.74) is 8.75. The van der Waals surface area contributed by atoms with Gasteiger partial charge in [0.25, 0.3) is 0 Å². The minimum absolute atomic E-state index is 0.335. The molecule has 0 bridgehead atoms. The van der Waals surface area contributed by atoms with Gasteiger partial charge in [0, 0.05) is 12.6 Å². The first-order valence-corrected chi connectivity index (χ1v) is 7.93. The van der Waals surface area contributed by atoms with Gasteiger partial charge in [-0.1, -0.05) is 52.0 Å². The van der Waals surface area contributed by atoms with Crippen molar-refractivity contribution in [3.8, 4) is 0 Å². The summed E-state index contributed by atoms with van der Waals surface area (Å²) >= 11 is 0. The molecule has 114 valence electrons. The van der Waals surface area contributed by atoms with Crippen LogP contribution in [0, 0.1) is 11.8 Å². The Morgan fingerprint density at radius 1 is 1.00 bits per heavy atom. The van der Waals surface area contributed by atoms with Gasteiger partial charge in [-0.3, -0.25) is 4.90 Å². The highest BCUT2D eigenvalue weighted by Gasteiger charge is 2.15. The fourth-order valence-corrected chi connectivity index (χ4v) is 2.54. The molecule has 0 saturated heterocycles. The quantitative estimate of drug-likeness (QED) is 0.781. The third-order valence-electron chi connectivity index (χ3n) is 3.82. The van der Waals surface area contributed by atoms with Crippen molar-refractivity contribution in [3.63, 3.8) is 0 Å². The van der Waals surface area contributed by atoms with Gasteiger partial charge in [-0.05, 0) is 49.4 Å². The third kappa shape index (κ3) is 5.64. The fourth-order valence-electron chi connectivity index (χ4n) is 2.54. The molecular formula is C18H32N2. The van der Waals surface area contributed by atoms with Gasteiger partial charge in [-0.15, -0.1) is 0 Å². The van der Waals surface area contributed by atoms with Crippen molar-refractivity contribution >= 4 is 0 Å². The van der Waals surface area contributed by atoms with Crippen LogP contribution in [0.1, 0.15) is 51.3 Å². The topological polar surface area (TPSA) is 29.3 Å². The van der Waals surface area contributed by atoms with Crippen molar-refractivity contribution < 1.29 is 0 Å². The van der Waals surface area contributed by atoms with E-state index < -0.39 is 0 Å². The Labute approximate surface area is 125 Å². The highest BCUT2D eigenvalue weighted by Crippen LogP contribution is 2.20. The van der Waals surface area contributed by atoms with E-state index in [9.17, 15) is 0 Å². The van der Waals surface area contributed by atoms with Crippen molar-refractivity contribution in [2.45, 2.75) is 46.6 Å². The molecule has 20 heavy (non-hydrogen) atoms. The number of rotatable bonds is 8. The van der Waals surface area contributed by atoms with Gasteiger partial charge in [0.2, 0.25) is 0 Å². The number of hydrogen-bond acceptors (Lipinski definition) is 2. The molecule has 1 unspecified atom stereocenters. The Hall–Kier alpha value is -0.860. The monoisotopic (exact) mass is 276 g/mol. The average Bonchev–Trinajstić information content (AvgIpc) is 2.38. The van der Waals surface area contributed by atoms with Crippen molar-refractivity contribution in [2.75, 3.05) is 20.1 Å². The molecule has 1 rings (SSSR count). The molecule has 0 aliphatic carbocycles. The number of hydrogen-bond donors (Lipinski definition) is 1. The maximum absolute atomic E-state index is 5.99. The lowest BCUT2D eigenvalue weighted by Crippen LogP contribution is -2.31. The summed E-state index contributed by atoms with van der Waals surface area (Å²) in [6.07, 6.45) is 2.37. The second kappa shape index (κ2) is 8.43. The Morgan fingerprint density at radius 2 is 1.60 bits per heavy atom. The van der Waals surface area contributed by atoms with Crippen molar-refractivity contribution in [3.05, 3.63) is 35.4 Å². The van der Waals surface area contributed by atoms with Gasteiger partial charge in [-0.25, -0.2) is 0 Å². The Morgan fingerprint density at radius 3 is 2.05 bits per heavy atom. The summed E-state index contributed by atoms with van der Waals surface area (Å²) < 4.78 is 0. The van der Waals surface area contributed by atoms with Crippen LogP contribution in [0.3, 0.4) is 0 Å². The lowest BCUT2D eigenvalue weighted by molar-refractivity contribution is 0.236. The van der Waals surface area contributed by atoms with E-state index in [1.807, 2.05) is 0 Å². The maximum atomic E-state index is 5.99. The molecule has 0 fully saturated rings. The molecule has 1 aromatic carbocycles. The first-order valence-electron chi connectivity index (χ1n) is 7.93. The van der Waals surface area contributed by atoms with Crippen LogP contribution in [-0.4, -0.2) is 25.0 Å². The van der Waals surface area contributed by atoms with E-state index in [0.29, 0.717) is 18.5 Å². The van der Waals surface area contributed by atoms with E-state index in [0.717, 1.165) is 18.9 Å². The Bertz CT molecular complexity index is 368. The van der Waals surface area contributed by atoms with Crippen LogP contribution >= 0.6 is 0 Å². The molecule has 1 aromatic rings. The summed E-state index contributed by atoms with van der Waals surface area (Å²) in [6.45, 7) is 10.8. The molecule has 0 spiro atoms. The average molecular weight is 276 g/mol. The highest BCUT2D eigenvalue weighted by atomic mass is 15.1.